The van der Waals surface area contributed by atoms with Crippen LogP contribution in [0.25, 0.3) is 0 Å². The van der Waals surface area contributed by atoms with E-state index in [1.807, 2.05) is 4.90 Å². The maximum atomic E-state index is 13.0. The van der Waals surface area contributed by atoms with Crippen molar-refractivity contribution < 1.29 is 17.6 Å². The Morgan fingerprint density at radius 2 is 1.71 bits per heavy atom. The van der Waals surface area contributed by atoms with Crippen LogP contribution < -0.4 is 5.32 Å². The number of nitrogens with zero attached hydrogens (tertiary/aromatic N) is 2. The van der Waals surface area contributed by atoms with Gasteiger partial charge in [0.2, 0.25) is 15.9 Å². The van der Waals surface area contributed by atoms with Gasteiger partial charge < -0.3 is 5.32 Å². The minimum absolute atomic E-state index is 0.0990. The first-order chi connectivity index (χ1) is 14.7. The van der Waals surface area contributed by atoms with Crippen molar-refractivity contribution >= 4 is 39.1 Å². The standard InChI is InChI=1S/C21H24Cl2FN3O3S/c1-15(21(28)25-9-8-16-2-4-17(24)5-3-16)26-10-12-27(13-11-26)31(29,30)18-6-7-19(22)20(23)14-18/h2-7,14-15H,8-13H2,1H3,(H,25,28). The fraction of sp³-hybridized carbons (Fsp3) is 0.381. The van der Waals surface area contributed by atoms with Crippen LogP contribution in [-0.4, -0.2) is 62.3 Å². The molecule has 0 aromatic heterocycles. The molecule has 10 heteroatoms. The summed E-state index contributed by atoms with van der Waals surface area (Å²) in [4.78, 5) is 14.5. The molecule has 6 nitrogen and oxygen atoms in total. The largest absolute Gasteiger partial charge is 0.354 e. The van der Waals surface area contributed by atoms with Crippen molar-refractivity contribution in [3.8, 4) is 0 Å². The molecular formula is C21H24Cl2FN3O3S. The van der Waals surface area contributed by atoms with Crippen LogP contribution in [0, 0.1) is 5.82 Å². The third kappa shape index (κ3) is 5.96. The molecule has 0 aliphatic carbocycles. The molecule has 0 spiro atoms. The van der Waals surface area contributed by atoms with E-state index in [2.05, 4.69) is 5.32 Å². The van der Waals surface area contributed by atoms with Crippen LogP contribution in [0.5, 0.6) is 0 Å². The molecule has 1 unspecified atom stereocenters. The van der Waals surface area contributed by atoms with E-state index >= 15 is 0 Å². The monoisotopic (exact) mass is 487 g/mol. The second kappa shape index (κ2) is 10.3. The summed E-state index contributed by atoms with van der Waals surface area (Å²) < 4.78 is 40.1. The number of benzene rings is 2. The zero-order chi connectivity index (χ0) is 22.6. The van der Waals surface area contributed by atoms with Crippen molar-refractivity contribution in [2.75, 3.05) is 32.7 Å². The van der Waals surface area contributed by atoms with Gasteiger partial charge in [-0.2, -0.15) is 4.31 Å². The van der Waals surface area contributed by atoms with E-state index in [0.717, 1.165) is 5.56 Å². The summed E-state index contributed by atoms with van der Waals surface area (Å²) in [6.45, 7) is 3.67. The highest BCUT2D eigenvalue weighted by Gasteiger charge is 2.32. The summed E-state index contributed by atoms with van der Waals surface area (Å²) in [6.07, 6.45) is 0.606. The normalized spacial score (nSPS) is 16.8. The minimum Gasteiger partial charge on any atom is -0.354 e. The van der Waals surface area contributed by atoms with Crippen molar-refractivity contribution in [1.82, 2.24) is 14.5 Å². The Hall–Kier alpha value is -1.71. The maximum absolute atomic E-state index is 13.0. The smallest absolute Gasteiger partial charge is 0.243 e. The van der Waals surface area contributed by atoms with Gasteiger partial charge in [0.15, 0.2) is 0 Å². The van der Waals surface area contributed by atoms with Gasteiger partial charge in [-0.1, -0.05) is 35.3 Å². The lowest BCUT2D eigenvalue weighted by atomic mass is 10.1. The molecule has 1 heterocycles. The number of piperazine rings is 1. The van der Waals surface area contributed by atoms with E-state index in [1.54, 1.807) is 19.1 Å². The van der Waals surface area contributed by atoms with Gasteiger partial charge in [0.25, 0.3) is 0 Å². The molecule has 31 heavy (non-hydrogen) atoms. The molecule has 0 bridgehead atoms. The quantitative estimate of drug-likeness (QED) is 0.650. The van der Waals surface area contributed by atoms with Crippen LogP contribution in [0.1, 0.15) is 12.5 Å². The van der Waals surface area contributed by atoms with Crippen LogP contribution >= 0.6 is 23.2 Å². The summed E-state index contributed by atoms with van der Waals surface area (Å²) in [7, 11) is -3.68. The number of carbonyl (C=O) groups is 1. The minimum atomic E-state index is -3.68. The first kappa shape index (κ1) is 23.9. The third-order valence-corrected chi connectivity index (χ3v) is 7.99. The number of rotatable bonds is 7. The number of hydrogen-bond acceptors (Lipinski definition) is 4. The highest BCUT2D eigenvalue weighted by atomic mass is 35.5. The molecule has 1 atom stereocenters. The Labute approximate surface area is 192 Å². The van der Waals surface area contributed by atoms with E-state index in [-0.39, 0.29) is 40.8 Å². The molecule has 1 amide bonds. The van der Waals surface area contributed by atoms with Crippen molar-refractivity contribution in [2.24, 2.45) is 0 Å². The lowest BCUT2D eigenvalue weighted by molar-refractivity contribution is -0.126. The third-order valence-electron chi connectivity index (χ3n) is 5.36. The van der Waals surface area contributed by atoms with Crippen LogP contribution in [-0.2, 0) is 21.2 Å². The summed E-state index contributed by atoms with van der Waals surface area (Å²) in [5.74, 6) is -0.412. The Bertz CT molecular complexity index is 1030. The Kier molecular flexibility index (Phi) is 7.93. The van der Waals surface area contributed by atoms with E-state index in [9.17, 15) is 17.6 Å². The number of sulfonamides is 1. The molecule has 1 aliphatic rings. The van der Waals surface area contributed by atoms with Gasteiger partial charge in [0.05, 0.1) is 21.0 Å². The highest BCUT2D eigenvalue weighted by Crippen LogP contribution is 2.27. The van der Waals surface area contributed by atoms with Crippen molar-refractivity contribution in [1.29, 1.82) is 0 Å². The number of hydrogen-bond donors (Lipinski definition) is 1. The molecule has 3 rings (SSSR count). The Morgan fingerprint density at radius 3 is 2.32 bits per heavy atom. The Balaban J connectivity index is 1.50. The van der Waals surface area contributed by atoms with Gasteiger partial charge in [0.1, 0.15) is 5.82 Å². The lowest BCUT2D eigenvalue weighted by Crippen LogP contribution is -2.55. The number of amides is 1. The Morgan fingerprint density at radius 1 is 1.06 bits per heavy atom. The molecule has 2 aromatic carbocycles. The van der Waals surface area contributed by atoms with E-state index in [0.29, 0.717) is 31.1 Å². The van der Waals surface area contributed by atoms with Gasteiger partial charge >= 0.3 is 0 Å². The van der Waals surface area contributed by atoms with Crippen molar-refractivity contribution in [2.45, 2.75) is 24.3 Å². The molecule has 1 N–H and O–H groups in total. The number of carbonyl (C=O) groups excluding carboxylic acids is 1. The number of halogens is 3. The summed E-state index contributed by atoms with van der Waals surface area (Å²) in [6, 6.07) is 10.0. The topological polar surface area (TPSA) is 69.7 Å². The predicted octanol–water partition coefficient (Wildman–Crippen LogP) is 3.19. The average molecular weight is 488 g/mol. The van der Waals surface area contributed by atoms with Gasteiger partial charge in [0, 0.05) is 32.7 Å². The average Bonchev–Trinajstić information content (AvgIpc) is 2.76. The molecule has 1 aliphatic heterocycles. The second-order valence-electron chi connectivity index (χ2n) is 7.36. The van der Waals surface area contributed by atoms with E-state index in [1.165, 1.54) is 34.6 Å². The molecular weight excluding hydrogens is 464 g/mol. The lowest BCUT2D eigenvalue weighted by Gasteiger charge is -2.36. The first-order valence-corrected chi connectivity index (χ1v) is 12.1. The molecule has 2 aromatic rings. The molecule has 1 fully saturated rings. The van der Waals surface area contributed by atoms with Gasteiger partial charge in [-0.25, -0.2) is 12.8 Å². The zero-order valence-electron chi connectivity index (χ0n) is 17.0. The van der Waals surface area contributed by atoms with Crippen LogP contribution in [0.2, 0.25) is 10.0 Å². The SMILES string of the molecule is CC(C(=O)NCCc1ccc(F)cc1)N1CCN(S(=O)(=O)c2ccc(Cl)c(Cl)c2)CC1. The predicted molar refractivity (Wildman–Crippen MR) is 119 cm³/mol. The highest BCUT2D eigenvalue weighted by molar-refractivity contribution is 7.89. The molecule has 0 radical (unpaired) electrons. The molecule has 168 valence electrons. The summed E-state index contributed by atoms with van der Waals surface area (Å²) in [5, 5.41) is 3.37. The van der Waals surface area contributed by atoms with Gasteiger partial charge in [-0.05, 0) is 49.2 Å². The zero-order valence-corrected chi connectivity index (χ0v) is 19.4. The fourth-order valence-electron chi connectivity index (χ4n) is 3.41. The van der Waals surface area contributed by atoms with Gasteiger partial charge in [-0.3, -0.25) is 9.69 Å². The summed E-state index contributed by atoms with van der Waals surface area (Å²) >= 11 is 11.8. The van der Waals surface area contributed by atoms with Crippen LogP contribution in [0.15, 0.2) is 47.4 Å². The van der Waals surface area contributed by atoms with Crippen LogP contribution in [0.3, 0.4) is 0 Å². The van der Waals surface area contributed by atoms with Crippen molar-refractivity contribution in [3.05, 3.63) is 63.9 Å². The first-order valence-electron chi connectivity index (χ1n) is 9.90. The van der Waals surface area contributed by atoms with Gasteiger partial charge in [-0.15, -0.1) is 0 Å². The second-order valence-corrected chi connectivity index (χ2v) is 10.1. The van der Waals surface area contributed by atoms with E-state index in [4.69, 9.17) is 23.2 Å². The van der Waals surface area contributed by atoms with Crippen LogP contribution in [0.4, 0.5) is 4.39 Å². The van der Waals surface area contributed by atoms with E-state index < -0.39 is 10.0 Å². The number of nitrogens with one attached hydrogen (secondary N) is 1. The maximum Gasteiger partial charge on any atom is 0.243 e. The summed E-state index contributed by atoms with van der Waals surface area (Å²) in [5.41, 5.74) is 0.940. The van der Waals surface area contributed by atoms with Crippen molar-refractivity contribution in [3.63, 3.8) is 0 Å². The fourth-order valence-corrected chi connectivity index (χ4v) is 5.22. The molecule has 0 saturated carbocycles. The molecule has 1 saturated heterocycles.